The average molecular weight is 192 g/mol. The number of ether oxygens (including phenoxy) is 1. The zero-order valence-corrected chi connectivity index (χ0v) is 8.03. The van der Waals surface area contributed by atoms with Crippen molar-refractivity contribution in [1.29, 1.82) is 5.26 Å². The molecule has 0 aliphatic carbocycles. The van der Waals surface area contributed by atoms with Crippen LogP contribution in [0.15, 0.2) is 12.4 Å². The molecule has 0 amide bonds. The van der Waals surface area contributed by atoms with Crippen molar-refractivity contribution in [3.63, 3.8) is 0 Å². The minimum Gasteiger partial charge on any atom is -0.385 e. The molecule has 1 heterocycles. The maximum Gasteiger partial charge on any atom is 0.182 e. The van der Waals surface area contributed by atoms with Crippen molar-refractivity contribution in [2.75, 3.05) is 25.6 Å². The van der Waals surface area contributed by atoms with E-state index in [9.17, 15) is 0 Å². The molecule has 0 aromatic carbocycles. The number of anilines is 1. The van der Waals surface area contributed by atoms with E-state index >= 15 is 0 Å². The van der Waals surface area contributed by atoms with Crippen LogP contribution >= 0.6 is 0 Å². The summed E-state index contributed by atoms with van der Waals surface area (Å²) in [5, 5.41) is 11.7. The lowest BCUT2D eigenvalue weighted by molar-refractivity contribution is 0.197. The summed E-state index contributed by atoms with van der Waals surface area (Å²) < 4.78 is 4.90. The van der Waals surface area contributed by atoms with E-state index in [-0.39, 0.29) is 0 Å². The van der Waals surface area contributed by atoms with E-state index in [1.54, 1.807) is 13.3 Å². The van der Waals surface area contributed by atoms with Gasteiger partial charge in [0.15, 0.2) is 11.5 Å². The van der Waals surface area contributed by atoms with Crippen molar-refractivity contribution in [2.45, 2.75) is 6.42 Å². The van der Waals surface area contributed by atoms with Gasteiger partial charge in [-0.05, 0) is 6.42 Å². The second kappa shape index (κ2) is 5.89. The van der Waals surface area contributed by atoms with Gasteiger partial charge >= 0.3 is 0 Å². The second-order valence-corrected chi connectivity index (χ2v) is 2.64. The number of nitriles is 1. The van der Waals surface area contributed by atoms with Gasteiger partial charge in [-0.15, -0.1) is 0 Å². The monoisotopic (exact) mass is 192 g/mol. The third-order valence-electron chi connectivity index (χ3n) is 1.62. The number of aromatic nitrogens is 2. The van der Waals surface area contributed by atoms with Crippen LogP contribution in [0, 0.1) is 11.3 Å². The zero-order chi connectivity index (χ0) is 10.2. The molecule has 1 rings (SSSR count). The number of hydrogen-bond donors (Lipinski definition) is 1. The maximum absolute atomic E-state index is 8.70. The molecule has 0 spiro atoms. The first kappa shape index (κ1) is 10.4. The Balaban J connectivity index is 2.46. The largest absolute Gasteiger partial charge is 0.385 e. The van der Waals surface area contributed by atoms with Gasteiger partial charge in [0.2, 0.25) is 0 Å². The van der Waals surface area contributed by atoms with Gasteiger partial charge in [-0.2, -0.15) is 5.26 Å². The SMILES string of the molecule is COCCCNc1nccnc1C#N. The van der Waals surface area contributed by atoms with Gasteiger partial charge in [0.05, 0.1) is 0 Å². The number of rotatable bonds is 5. The third kappa shape index (κ3) is 2.99. The lowest BCUT2D eigenvalue weighted by atomic mass is 10.4. The predicted molar refractivity (Wildman–Crippen MR) is 51.7 cm³/mol. The average Bonchev–Trinajstić information content (AvgIpc) is 2.25. The molecule has 1 aromatic heterocycles. The van der Waals surface area contributed by atoms with Gasteiger partial charge in [-0.25, -0.2) is 9.97 Å². The first-order valence-corrected chi connectivity index (χ1v) is 4.32. The Labute approximate surface area is 82.8 Å². The fourth-order valence-corrected chi connectivity index (χ4v) is 0.973. The highest BCUT2D eigenvalue weighted by Crippen LogP contribution is 2.05. The van der Waals surface area contributed by atoms with Gasteiger partial charge in [0.25, 0.3) is 0 Å². The Hall–Kier alpha value is -1.67. The van der Waals surface area contributed by atoms with Crippen molar-refractivity contribution >= 4 is 5.82 Å². The lowest BCUT2D eigenvalue weighted by Gasteiger charge is -2.04. The summed E-state index contributed by atoms with van der Waals surface area (Å²) in [5.74, 6) is 0.533. The molecule has 0 aliphatic rings. The fourth-order valence-electron chi connectivity index (χ4n) is 0.973. The van der Waals surface area contributed by atoms with Gasteiger partial charge in [-0.1, -0.05) is 0 Å². The minimum absolute atomic E-state index is 0.324. The first-order chi connectivity index (χ1) is 6.88. The van der Waals surface area contributed by atoms with Gasteiger partial charge in [0, 0.05) is 32.7 Å². The van der Waals surface area contributed by atoms with Crippen LogP contribution in [-0.2, 0) is 4.74 Å². The van der Waals surface area contributed by atoms with Crippen molar-refractivity contribution in [1.82, 2.24) is 9.97 Å². The molecular formula is C9H12N4O. The van der Waals surface area contributed by atoms with E-state index in [0.717, 1.165) is 13.0 Å². The molecule has 5 heteroatoms. The molecule has 0 radical (unpaired) electrons. The number of hydrogen-bond acceptors (Lipinski definition) is 5. The van der Waals surface area contributed by atoms with E-state index in [1.165, 1.54) is 6.20 Å². The first-order valence-electron chi connectivity index (χ1n) is 4.32. The van der Waals surface area contributed by atoms with Gasteiger partial charge in [-0.3, -0.25) is 0 Å². The molecule has 1 N–H and O–H groups in total. The Morgan fingerprint density at radius 2 is 2.29 bits per heavy atom. The smallest absolute Gasteiger partial charge is 0.182 e. The van der Waals surface area contributed by atoms with E-state index < -0.39 is 0 Å². The number of nitrogens with one attached hydrogen (secondary N) is 1. The Kier molecular flexibility index (Phi) is 4.38. The summed E-state index contributed by atoms with van der Waals surface area (Å²) in [7, 11) is 1.66. The van der Waals surface area contributed by atoms with E-state index in [4.69, 9.17) is 10.00 Å². The molecular weight excluding hydrogens is 180 g/mol. The summed E-state index contributed by atoms with van der Waals surface area (Å²) in [5.41, 5.74) is 0.324. The topological polar surface area (TPSA) is 70.8 Å². The van der Waals surface area contributed by atoms with Gasteiger partial charge < -0.3 is 10.1 Å². The van der Waals surface area contributed by atoms with Crippen LogP contribution in [-0.4, -0.2) is 30.2 Å². The van der Waals surface area contributed by atoms with Crippen molar-refractivity contribution in [3.8, 4) is 6.07 Å². The summed E-state index contributed by atoms with van der Waals surface area (Å²) >= 11 is 0. The van der Waals surface area contributed by atoms with Crippen molar-refractivity contribution < 1.29 is 4.74 Å². The predicted octanol–water partition coefficient (Wildman–Crippen LogP) is 0.797. The van der Waals surface area contributed by atoms with E-state index in [2.05, 4.69) is 15.3 Å². The summed E-state index contributed by atoms with van der Waals surface area (Å²) in [6.07, 6.45) is 3.93. The molecule has 0 saturated carbocycles. The lowest BCUT2D eigenvalue weighted by Crippen LogP contribution is -2.08. The Morgan fingerprint density at radius 1 is 1.50 bits per heavy atom. The van der Waals surface area contributed by atoms with Crippen LogP contribution < -0.4 is 5.32 Å². The van der Waals surface area contributed by atoms with Crippen LogP contribution in [0.1, 0.15) is 12.1 Å². The molecule has 0 saturated heterocycles. The van der Waals surface area contributed by atoms with Crippen molar-refractivity contribution in [3.05, 3.63) is 18.1 Å². The standard InChI is InChI=1S/C9H12N4O/c1-14-6-2-3-12-9-8(7-10)11-4-5-13-9/h4-5H,2-3,6H2,1H3,(H,12,13). The molecule has 0 bridgehead atoms. The molecule has 0 aliphatic heterocycles. The van der Waals surface area contributed by atoms with Gasteiger partial charge in [0.1, 0.15) is 6.07 Å². The highest BCUT2D eigenvalue weighted by Gasteiger charge is 2.01. The Bertz CT molecular complexity index is 321. The highest BCUT2D eigenvalue weighted by molar-refractivity contribution is 5.46. The summed E-state index contributed by atoms with van der Waals surface area (Å²) in [6.45, 7) is 1.41. The molecule has 5 nitrogen and oxygen atoms in total. The normalized spacial score (nSPS) is 9.43. The fraction of sp³-hybridized carbons (Fsp3) is 0.444. The zero-order valence-electron chi connectivity index (χ0n) is 8.03. The van der Waals surface area contributed by atoms with Crippen molar-refractivity contribution in [2.24, 2.45) is 0 Å². The summed E-state index contributed by atoms with van der Waals surface area (Å²) in [6, 6.07) is 1.97. The minimum atomic E-state index is 0.324. The van der Waals surface area contributed by atoms with Crippen LogP contribution in [0.2, 0.25) is 0 Å². The van der Waals surface area contributed by atoms with Crippen LogP contribution in [0.5, 0.6) is 0 Å². The highest BCUT2D eigenvalue weighted by atomic mass is 16.5. The van der Waals surface area contributed by atoms with Crippen LogP contribution in [0.25, 0.3) is 0 Å². The quantitative estimate of drug-likeness (QED) is 0.698. The Morgan fingerprint density at radius 3 is 3.00 bits per heavy atom. The number of methoxy groups -OCH3 is 1. The summed E-state index contributed by atoms with van der Waals surface area (Å²) in [4.78, 5) is 7.89. The van der Waals surface area contributed by atoms with Crippen LogP contribution in [0.4, 0.5) is 5.82 Å². The molecule has 14 heavy (non-hydrogen) atoms. The van der Waals surface area contributed by atoms with E-state index in [0.29, 0.717) is 18.1 Å². The molecule has 0 fully saturated rings. The molecule has 1 aromatic rings. The number of nitrogens with zero attached hydrogens (tertiary/aromatic N) is 3. The second-order valence-electron chi connectivity index (χ2n) is 2.64. The molecule has 74 valence electrons. The van der Waals surface area contributed by atoms with Crippen LogP contribution in [0.3, 0.4) is 0 Å². The molecule has 0 unspecified atom stereocenters. The maximum atomic E-state index is 8.70. The molecule has 0 atom stereocenters. The van der Waals surface area contributed by atoms with E-state index in [1.807, 2.05) is 6.07 Å². The third-order valence-corrected chi connectivity index (χ3v) is 1.62.